The molecule has 0 radical (unpaired) electrons. The van der Waals surface area contributed by atoms with Gasteiger partial charge in [-0.1, -0.05) is 31.9 Å². The van der Waals surface area contributed by atoms with Crippen LogP contribution in [-0.4, -0.2) is 12.6 Å². The summed E-state index contributed by atoms with van der Waals surface area (Å²) in [6, 6.07) is 9.31. The topological polar surface area (TPSA) is 21.3 Å². The number of rotatable bonds is 7. The molecule has 2 fully saturated rings. The third-order valence-corrected chi connectivity index (χ3v) is 4.53. The second-order valence-corrected chi connectivity index (χ2v) is 6.37. The Hall–Kier alpha value is -1.02. The Kier molecular flexibility index (Phi) is 4.62. The van der Waals surface area contributed by atoms with Crippen LogP contribution in [0.25, 0.3) is 0 Å². The van der Waals surface area contributed by atoms with Crippen molar-refractivity contribution in [1.29, 1.82) is 0 Å². The molecule has 1 atom stereocenters. The Balaban J connectivity index is 1.73. The highest BCUT2D eigenvalue weighted by molar-refractivity contribution is 5.31. The minimum atomic E-state index is 0.485. The van der Waals surface area contributed by atoms with E-state index < -0.39 is 0 Å². The van der Waals surface area contributed by atoms with Gasteiger partial charge in [0.25, 0.3) is 0 Å². The van der Waals surface area contributed by atoms with Crippen molar-refractivity contribution in [3.05, 3.63) is 29.8 Å². The van der Waals surface area contributed by atoms with Gasteiger partial charge in [-0.2, -0.15) is 0 Å². The number of ether oxygens (including phenoxy) is 1. The van der Waals surface area contributed by atoms with Crippen LogP contribution in [0.5, 0.6) is 5.75 Å². The fourth-order valence-electron chi connectivity index (χ4n) is 3.31. The van der Waals surface area contributed by atoms with Gasteiger partial charge in [0.1, 0.15) is 5.75 Å². The van der Waals surface area contributed by atoms with E-state index >= 15 is 0 Å². The third kappa shape index (κ3) is 3.54. The van der Waals surface area contributed by atoms with Gasteiger partial charge < -0.3 is 10.1 Å². The van der Waals surface area contributed by atoms with Crippen LogP contribution in [0.4, 0.5) is 0 Å². The van der Waals surface area contributed by atoms with E-state index in [9.17, 15) is 0 Å². The van der Waals surface area contributed by atoms with Crippen LogP contribution in [0.15, 0.2) is 24.3 Å². The number of hydrogen-bond acceptors (Lipinski definition) is 2. The molecule has 2 aliphatic rings. The largest absolute Gasteiger partial charge is 0.490 e. The first kappa shape index (κ1) is 13.9. The summed E-state index contributed by atoms with van der Waals surface area (Å²) in [6.07, 6.45) is 9.67. The molecule has 1 aromatic carbocycles. The molecule has 0 bridgehead atoms. The van der Waals surface area contributed by atoms with Gasteiger partial charge in [0.15, 0.2) is 0 Å². The molecule has 0 heterocycles. The van der Waals surface area contributed by atoms with Crippen LogP contribution in [0, 0.1) is 5.92 Å². The summed E-state index contributed by atoms with van der Waals surface area (Å²) >= 11 is 0. The lowest BCUT2D eigenvalue weighted by Gasteiger charge is -2.25. The zero-order valence-electron chi connectivity index (χ0n) is 12.6. The highest BCUT2D eigenvalue weighted by Gasteiger charge is 2.27. The average Bonchev–Trinajstić information content (AvgIpc) is 3.11. The van der Waals surface area contributed by atoms with E-state index in [4.69, 9.17) is 4.74 Å². The SMILES string of the molecule is CCCNC(c1cccc(OC2CC2)c1)C1CCCC1. The van der Waals surface area contributed by atoms with Crippen molar-refractivity contribution < 1.29 is 4.74 Å². The van der Waals surface area contributed by atoms with Gasteiger partial charge in [0, 0.05) is 6.04 Å². The number of hydrogen-bond donors (Lipinski definition) is 1. The van der Waals surface area contributed by atoms with Crippen LogP contribution in [0.3, 0.4) is 0 Å². The quantitative estimate of drug-likeness (QED) is 0.792. The highest BCUT2D eigenvalue weighted by Crippen LogP contribution is 2.37. The molecular weight excluding hydrogens is 246 g/mol. The first-order chi connectivity index (χ1) is 9.86. The maximum Gasteiger partial charge on any atom is 0.120 e. The van der Waals surface area contributed by atoms with Crippen molar-refractivity contribution in [2.75, 3.05) is 6.54 Å². The summed E-state index contributed by atoms with van der Waals surface area (Å²) in [5, 5.41) is 3.77. The molecule has 1 aromatic rings. The van der Waals surface area contributed by atoms with E-state index in [0.29, 0.717) is 12.1 Å². The second-order valence-electron chi connectivity index (χ2n) is 6.37. The molecule has 2 saturated carbocycles. The lowest BCUT2D eigenvalue weighted by atomic mass is 9.91. The molecule has 1 unspecified atom stereocenters. The lowest BCUT2D eigenvalue weighted by Crippen LogP contribution is -2.27. The zero-order valence-corrected chi connectivity index (χ0v) is 12.6. The Labute approximate surface area is 122 Å². The van der Waals surface area contributed by atoms with E-state index in [0.717, 1.165) is 18.2 Å². The summed E-state index contributed by atoms with van der Waals surface area (Å²) in [4.78, 5) is 0. The first-order valence-electron chi connectivity index (χ1n) is 8.37. The summed E-state index contributed by atoms with van der Waals surface area (Å²) in [5.74, 6) is 1.86. The summed E-state index contributed by atoms with van der Waals surface area (Å²) in [6.45, 7) is 3.35. The highest BCUT2D eigenvalue weighted by atomic mass is 16.5. The molecule has 1 N–H and O–H groups in total. The number of benzene rings is 1. The smallest absolute Gasteiger partial charge is 0.120 e. The predicted octanol–water partition coefficient (Wildman–Crippen LogP) is 4.46. The van der Waals surface area contributed by atoms with Gasteiger partial charge in [-0.05, 0) is 62.3 Å². The molecule has 0 amide bonds. The minimum Gasteiger partial charge on any atom is -0.490 e. The van der Waals surface area contributed by atoms with Crippen molar-refractivity contribution in [1.82, 2.24) is 5.32 Å². The van der Waals surface area contributed by atoms with Crippen LogP contribution in [0.1, 0.15) is 63.5 Å². The lowest BCUT2D eigenvalue weighted by molar-refractivity contribution is 0.301. The predicted molar refractivity (Wildman–Crippen MR) is 83.1 cm³/mol. The summed E-state index contributed by atoms with van der Waals surface area (Å²) in [7, 11) is 0. The maximum absolute atomic E-state index is 5.96. The number of nitrogens with one attached hydrogen (secondary N) is 1. The van der Waals surface area contributed by atoms with Crippen molar-refractivity contribution in [2.24, 2.45) is 5.92 Å². The molecule has 3 rings (SSSR count). The summed E-state index contributed by atoms with van der Waals surface area (Å²) < 4.78 is 5.96. The van der Waals surface area contributed by atoms with Crippen molar-refractivity contribution in [2.45, 2.75) is 64.0 Å². The van der Waals surface area contributed by atoms with Gasteiger partial charge in [0.2, 0.25) is 0 Å². The van der Waals surface area contributed by atoms with Gasteiger partial charge in [0.05, 0.1) is 6.10 Å². The molecule has 2 heteroatoms. The van der Waals surface area contributed by atoms with E-state index in [1.165, 1.54) is 50.5 Å². The fraction of sp³-hybridized carbons (Fsp3) is 0.667. The fourth-order valence-corrected chi connectivity index (χ4v) is 3.31. The van der Waals surface area contributed by atoms with Crippen molar-refractivity contribution in [3.8, 4) is 5.75 Å². The Bertz CT molecular complexity index is 421. The molecule has 20 heavy (non-hydrogen) atoms. The Morgan fingerprint density at radius 1 is 1.20 bits per heavy atom. The maximum atomic E-state index is 5.96. The van der Waals surface area contributed by atoms with Gasteiger partial charge in [-0.25, -0.2) is 0 Å². The van der Waals surface area contributed by atoms with Gasteiger partial charge >= 0.3 is 0 Å². The standard InChI is InChI=1S/C18H27NO/c1-2-12-19-18(14-6-3-4-7-14)15-8-5-9-17(13-15)20-16-10-11-16/h5,8-9,13-14,16,18-19H,2-4,6-7,10-12H2,1H3. The molecule has 110 valence electrons. The van der Waals surface area contributed by atoms with Crippen LogP contribution < -0.4 is 10.1 Å². The van der Waals surface area contributed by atoms with Crippen molar-refractivity contribution >= 4 is 0 Å². The molecule has 2 nitrogen and oxygen atoms in total. The molecule has 0 aliphatic heterocycles. The third-order valence-electron chi connectivity index (χ3n) is 4.53. The van der Waals surface area contributed by atoms with Crippen molar-refractivity contribution in [3.63, 3.8) is 0 Å². The molecule has 2 aliphatic carbocycles. The van der Waals surface area contributed by atoms with Gasteiger partial charge in [-0.15, -0.1) is 0 Å². The first-order valence-corrected chi connectivity index (χ1v) is 8.37. The van der Waals surface area contributed by atoms with E-state index in [1.54, 1.807) is 0 Å². The molecule has 0 aromatic heterocycles. The second kappa shape index (κ2) is 6.62. The minimum absolute atomic E-state index is 0.485. The Morgan fingerprint density at radius 2 is 2.00 bits per heavy atom. The van der Waals surface area contributed by atoms with E-state index in [-0.39, 0.29) is 0 Å². The molecular formula is C18H27NO. The van der Waals surface area contributed by atoms with Crippen LogP contribution >= 0.6 is 0 Å². The van der Waals surface area contributed by atoms with Gasteiger partial charge in [-0.3, -0.25) is 0 Å². The molecule has 0 saturated heterocycles. The van der Waals surface area contributed by atoms with E-state index in [1.807, 2.05) is 0 Å². The summed E-state index contributed by atoms with van der Waals surface area (Å²) in [5.41, 5.74) is 1.42. The molecule has 0 spiro atoms. The van der Waals surface area contributed by atoms with E-state index in [2.05, 4.69) is 36.5 Å². The zero-order chi connectivity index (χ0) is 13.8. The van der Waals surface area contributed by atoms with Crippen LogP contribution in [-0.2, 0) is 0 Å². The van der Waals surface area contributed by atoms with Crippen LogP contribution in [0.2, 0.25) is 0 Å². The monoisotopic (exact) mass is 273 g/mol. The Morgan fingerprint density at radius 3 is 2.70 bits per heavy atom. The average molecular weight is 273 g/mol. The normalized spacial score (nSPS) is 21.1.